The molecule has 0 spiro atoms. The second-order valence-corrected chi connectivity index (χ2v) is 5.43. The number of nitrogens with zero attached hydrogens (tertiary/aromatic N) is 4. The lowest BCUT2D eigenvalue weighted by Crippen LogP contribution is -2.20. The Kier molecular flexibility index (Phi) is 4.26. The fourth-order valence-electron chi connectivity index (χ4n) is 1.97. The zero-order chi connectivity index (χ0) is 16.4. The van der Waals surface area contributed by atoms with Gasteiger partial charge in [-0.05, 0) is 42.5 Å². The van der Waals surface area contributed by atoms with Crippen LogP contribution >= 0.6 is 23.8 Å². The van der Waals surface area contributed by atoms with Gasteiger partial charge in [0.15, 0.2) is 0 Å². The van der Waals surface area contributed by atoms with Gasteiger partial charge in [-0.15, -0.1) is 0 Å². The molecule has 0 aliphatic carbocycles. The molecule has 0 unspecified atom stereocenters. The van der Waals surface area contributed by atoms with Crippen molar-refractivity contribution in [3.8, 4) is 0 Å². The average molecular weight is 352 g/mol. The number of nitrogens with one attached hydrogen (secondary N) is 1. The normalized spacial score (nSPS) is 10.7. The maximum absolute atomic E-state index is 13.1. The van der Waals surface area contributed by atoms with Gasteiger partial charge >= 0.3 is 0 Å². The number of carbonyl (C=O) groups is 1. The summed E-state index contributed by atoms with van der Waals surface area (Å²) in [7, 11) is 0. The summed E-state index contributed by atoms with van der Waals surface area (Å²) in [5.41, 5.74) is 0.401. The van der Waals surface area contributed by atoms with Crippen LogP contribution in [-0.2, 0) is 11.3 Å². The van der Waals surface area contributed by atoms with Crippen molar-refractivity contribution in [3.63, 3.8) is 0 Å². The van der Waals surface area contributed by atoms with Gasteiger partial charge in [-0.25, -0.2) is 13.7 Å². The van der Waals surface area contributed by atoms with Gasteiger partial charge in [0.25, 0.3) is 0 Å². The van der Waals surface area contributed by atoms with Crippen LogP contribution in [-0.4, -0.2) is 25.0 Å². The number of rotatable bonds is 4. The third kappa shape index (κ3) is 3.33. The molecule has 2 aromatic heterocycles. The zero-order valence-electron chi connectivity index (χ0n) is 11.7. The Morgan fingerprint density at radius 2 is 2.09 bits per heavy atom. The summed E-state index contributed by atoms with van der Waals surface area (Å²) in [4.78, 5) is 12.1. The summed E-state index contributed by atoms with van der Waals surface area (Å²) in [5, 5.41) is 6.65. The second kappa shape index (κ2) is 6.35. The fraction of sp³-hybridized carbons (Fsp3) is 0.0714. The molecule has 0 atom stereocenters. The Morgan fingerprint density at radius 1 is 1.35 bits per heavy atom. The molecule has 23 heavy (non-hydrogen) atoms. The van der Waals surface area contributed by atoms with E-state index >= 15 is 0 Å². The quantitative estimate of drug-likeness (QED) is 0.735. The van der Waals surface area contributed by atoms with Crippen LogP contribution in [0.2, 0.25) is 5.02 Å². The van der Waals surface area contributed by atoms with Gasteiger partial charge in [0, 0.05) is 18.1 Å². The van der Waals surface area contributed by atoms with Crippen LogP contribution in [0.5, 0.6) is 0 Å². The molecule has 0 radical (unpaired) electrons. The van der Waals surface area contributed by atoms with Crippen molar-refractivity contribution in [3.05, 3.63) is 64.7 Å². The summed E-state index contributed by atoms with van der Waals surface area (Å²) < 4.78 is 18.2. The average Bonchev–Trinajstić information content (AvgIpc) is 3.14. The summed E-state index contributed by atoms with van der Waals surface area (Å²) in [6.45, 7) is -0.0674. The van der Waals surface area contributed by atoms with Crippen LogP contribution in [0.1, 0.15) is 0 Å². The molecule has 0 bridgehead atoms. The number of anilines is 1. The number of carbonyl (C=O) groups excluding carboxylic acids is 1. The van der Waals surface area contributed by atoms with Crippen molar-refractivity contribution in [1.29, 1.82) is 0 Å². The lowest BCUT2D eigenvalue weighted by Gasteiger charge is -2.06. The Morgan fingerprint density at radius 3 is 2.78 bits per heavy atom. The molecule has 0 aliphatic rings. The molecule has 0 saturated carbocycles. The van der Waals surface area contributed by atoms with E-state index in [1.165, 1.54) is 29.2 Å². The first-order valence-corrected chi connectivity index (χ1v) is 7.36. The molecular weight excluding hydrogens is 341 g/mol. The highest BCUT2D eigenvalue weighted by atomic mass is 35.5. The lowest BCUT2D eigenvalue weighted by atomic mass is 10.3. The molecule has 0 aliphatic heterocycles. The zero-order valence-corrected chi connectivity index (χ0v) is 13.3. The summed E-state index contributed by atoms with van der Waals surface area (Å²) in [6, 6.07) is 7.65. The minimum Gasteiger partial charge on any atom is -0.324 e. The summed E-state index contributed by atoms with van der Waals surface area (Å²) in [5.74, 6) is -0.890. The molecule has 2 heterocycles. The number of amides is 1. The van der Waals surface area contributed by atoms with Gasteiger partial charge < -0.3 is 5.32 Å². The molecule has 9 heteroatoms. The largest absolute Gasteiger partial charge is 0.324 e. The van der Waals surface area contributed by atoms with Crippen LogP contribution in [0, 0.1) is 10.6 Å². The molecule has 3 aromatic rings. The number of aromatic nitrogens is 4. The molecule has 1 aromatic carbocycles. The van der Waals surface area contributed by atoms with E-state index in [4.69, 9.17) is 23.8 Å². The maximum Gasteiger partial charge on any atom is 0.246 e. The van der Waals surface area contributed by atoms with Gasteiger partial charge in [-0.3, -0.25) is 9.47 Å². The van der Waals surface area contributed by atoms with Gasteiger partial charge in [-0.2, -0.15) is 5.10 Å². The monoisotopic (exact) mass is 351 g/mol. The molecule has 1 N–H and O–H groups in total. The van der Waals surface area contributed by atoms with Gasteiger partial charge in [0.05, 0.1) is 5.02 Å². The topological polar surface area (TPSA) is 56.8 Å². The lowest BCUT2D eigenvalue weighted by molar-refractivity contribution is -0.116. The van der Waals surface area contributed by atoms with Gasteiger partial charge in [0.1, 0.15) is 18.7 Å². The molecule has 0 saturated heterocycles. The minimum absolute atomic E-state index is 0.0590. The standard InChI is InChI=1S/C14H11ClFN5OS/c15-11-7-10(3-4-12(11)16)18-13(22)8-20-14(23)21(9-17-20)19-5-1-2-6-19/h1-7,9H,8H2,(H,18,22). The van der Waals surface area contributed by atoms with Crippen LogP contribution in [0.25, 0.3) is 0 Å². The minimum atomic E-state index is -0.544. The molecule has 1 amide bonds. The van der Waals surface area contributed by atoms with Crippen LogP contribution in [0.3, 0.4) is 0 Å². The number of hydrogen-bond acceptors (Lipinski definition) is 3. The third-order valence-electron chi connectivity index (χ3n) is 3.05. The van der Waals surface area contributed by atoms with Crippen LogP contribution < -0.4 is 5.32 Å². The van der Waals surface area contributed by atoms with Crippen molar-refractivity contribution in [2.24, 2.45) is 0 Å². The predicted molar refractivity (Wildman–Crippen MR) is 86.3 cm³/mol. The van der Waals surface area contributed by atoms with E-state index in [-0.39, 0.29) is 17.5 Å². The summed E-state index contributed by atoms with van der Waals surface area (Å²) in [6.07, 6.45) is 5.13. The molecule has 3 rings (SSSR count). The smallest absolute Gasteiger partial charge is 0.246 e. The van der Waals surface area contributed by atoms with E-state index in [0.29, 0.717) is 10.5 Å². The Hall–Kier alpha value is -2.45. The highest BCUT2D eigenvalue weighted by Crippen LogP contribution is 2.19. The summed E-state index contributed by atoms with van der Waals surface area (Å²) >= 11 is 11.0. The van der Waals surface area contributed by atoms with Crippen molar-refractivity contribution < 1.29 is 9.18 Å². The third-order valence-corrected chi connectivity index (χ3v) is 3.74. The van der Waals surface area contributed by atoms with Crippen LogP contribution in [0.4, 0.5) is 10.1 Å². The van der Waals surface area contributed by atoms with E-state index in [1.54, 1.807) is 9.35 Å². The SMILES string of the molecule is O=C(Cn1ncn(-n2cccc2)c1=S)Nc1ccc(F)c(Cl)c1. The number of hydrogen-bond donors (Lipinski definition) is 1. The van der Waals surface area contributed by atoms with Crippen molar-refractivity contribution in [2.75, 3.05) is 5.32 Å². The van der Waals surface area contributed by atoms with E-state index < -0.39 is 5.82 Å². The van der Waals surface area contributed by atoms with E-state index in [1.807, 2.05) is 24.5 Å². The highest BCUT2D eigenvalue weighted by molar-refractivity contribution is 7.71. The maximum atomic E-state index is 13.1. The van der Waals surface area contributed by atoms with Crippen molar-refractivity contribution in [2.45, 2.75) is 6.54 Å². The molecular formula is C14H11ClFN5OS. The van der Waals surface area contributed by atoms with Gasteiger partial charge in [-0.1, -0.05) is 11.6 Å². The van der Waals surface area contributed by atoms with Crippen molar-refractivity contribution in [1.82, 2.24) is 19.1 Å². The predicted octanol–water partition coefficient (Wildman–Crippen LogP) is 2.96. The van der Waals surface area contributed by atoms with E-state index in [0.717, 1.165) is 0 Å². The van der Waals surface area contributed by atoms with Gasteiger partial charge in [0.2, 0.25) is 10.7 Å². The van der Waals surface area contributed by atoms with E-state index in [2.05, 4.69) is 10.4 Å². The molecule has 0 fully saturated rings. The molecule has 118 valence electrons. The number of halogens is 2. The fourth-order valence-corrected chi connectivity index (χ4v) is 2.41. The van der Waals surface area contributed by atoms with Crippen LogP contribution in [0.15, 0.2) is 49.1 Å². The highest BCUT2D eigenvalue weighted by Gasteiger charge is 2.09. The second-order valence-electron chi connectivity index (χ2n) is 4.66. The first-order chi connectivity index (χ1) is 11.0. The Bertz CT molecular complexity index is 902. The number of benzene rings is 1. The first-order valence-electron chi connectivity index (χ1n) is 6.57. The Balaban J connectivity index is 1.73. The first kappa shape index (κ1) is 15.4. The van der Waals surface area contributed by atoms with E-state index in [9.17, 15) is 9.18 Å². The van der Waals surface area contributed by atoms with Crippen molar-refractivity contribution >= 4 is 35.4 Å². The molecule has 6 nitrogen and oxygen atoms in total. The Labute approximate surface area is 140 Å².